The van der Waals surface area contributed by atoms with Gasteiger partial charge in [-0.2, -0.15) is 0 Å². The van der Waals surface area contributed by atoms with Crippen molar-refractivity contribution in [2.24, 2.45) is 0 Å². The molecule has 0 aromatic heterocycles. The highest BCUT2D eigenvalue weighted by Gasteiger charge is 2.23. The van der Waals surface area contributed by atoms with Crippen molar-refractivity contribution in [3.05, 3.63) is 34.9 Å². The van der Waals surface area contributed by atoms with Gasteiger partial charge in [-0.1, -0.05) is 18.2 Å². The second kappa shape index (κ2) is 5.50. The van der Waals surface area contributed by atoms with E-state index in [0.29, 0.717) is 35.3 Å². The highest BCUT2D eigenvalue weighted by Crippen LogP contribution is 2.40. The quantitative estimate of drug-likeness (QED) is 0.678. The molecule has 19 heavy (non-hydrogen) atoms. The lowest BCUT2D eigenvalue weighted by atomic mass is 10.0. The molecule has 5 nitrogen and oxygen atoms in total. The minimum atomic E-state index is -1.21. The predicted octanol–water partition coefficient (Wildman–Crippen LogP) is 1.87. The zero-order chi connectivity index (χ0) is 14.0. The van der Waals surface area contributed by atoms with Crippen LogP contribution in [0.3, 0.4) is 0 Å². The zero-order valence-electron chi connectivity index (χ0n) is 10.3. The largest absolute Gasteiger partial charge is 0.486 e. The maximum atomic E-state index is 11.3. The molecule has 1 unspecified atom stereocenters. The van der Waals surface area contributed by atoms with Crippen LogP contribution in [0.4, 0.5) is 0 Å². The lowest BCUT2D eigenvalue weighted by Gasteiger charge is -2.21. The summed E-state index contributed by atoms with van der Waals surface area (Å²) in [5.74, 6) is 0.191. The number of ether oxygens (including phenoxy) is 3. The maximum Gasteiger partial charge on any atom is 0.336 e. The van der Waals surface area contributed by atoms with Crippen LogP contribution < -0.4 is 9.47 Å². The first kappa shape index (κ1) is 13.7. The van der Waals surface area contributed by atoms with E-state index in [0.717, 1.165) is 0 Å². The minimum absolute atomic E-state index is 0.0738. The van der Waals surface area contributed by atoms with Crippen LogP contribution in [0.2, 0.25) is 5.02 Å². The fourth-order valence-corrected chi connectivity index (χ4v) is 2.01. The van der Waals surface area contributed by atoms with Crippen molar-refractivity contribution in [1.82, 2.24) is 0 Å². The summed E-state index contributed by atoms with van der Waals surface area (Å²) in [6, 6.07) is 3.08. The van der Waals surface area contributed by atoms with Crippen LogP contribution in [0, 0.1) is 0 Å². The first-order valence-corrected chi connectivity index (χ1v) is 5.96. The van der Waals surface area contributed by atoms with Crippen LogP contribution in [0.15, 0.2) is 24.3 Å². The van der Waals surface area contributed by atoms with Gasteiger partial charge < -0.3 is 19.3 Å². The molecule has 1 aromatic rings. The first-order valence-electron chi connectivity index (χ1n) is 5.58. The normalized spacial score (nSPS) is 14.7. The smallest absolute Gasteiger partial charge is 0.336 e. The second-order valence-electron chi connectivity index (χ2n) is 3.95. The summed E-state index contributed by atoms with van der Waals surface area (Å²) in [6.45, 7) is 4.33. The molecule has 0 fully saturated rings. The van der Waals surface area contributed by atoms with E-state index in [-0.39, 0.29) is 5.57 Å². The molecule has 1 aliphatic rings. The van der Waals surface area contributed by atoms with Gasteiger partial charge in [0.25, 0.3) is 0 Å². The second-order valence-corrected chi connectivity index (χ2v) is 4.35. The molecule has 102 valence electrons. The Kier molecular flexibility index (Phi) is 3.97. The maximum absolute atomic E-state index is 11.3. The van der Waals surface area contributed by atoms with Crippen LogP contribution in [0.25, 0.3) is 0 Å². The van der Waals surface area contributed by atoms with Crippen LogP contribution in [0.5, 0.6) is 11.5 Å². The van der Waals surface area contributed by atoms with Crippen molar-refractivity contribution in [3.8, 4) is 11.5 Å². The predicted molar refractivity (Wildman–Crippen MR) is 68.6 cm³/mol. The number of aliphatic hydroxyl groups excluding tert-OH is 1. The number of esters is 1. The summed E-state index contributed by atoms with van der Waals surface area (Å²) < 4.78 is 15.3. The van der Waals surface area contributed by atoms with Gasteiger partial charge >= 0.3 is 5.97 Å². The van der Waals surface area contributed by atoms with Crippen molar-refractivity contribution in [3.63, 3.8) is 0 Å². The Morgan fingerprint density at radius 1 is 1.47 bits per heavy atom. The van der Waals surface area contributed by atoms with Gasteiger partial charge in [0.2, 0.25) is 0 Å². The summed E-state index contributed by atoms with van der Waals surface area (Å²) in [7, 11) is 1.22. The summed E-state index contributed by atoms with van der Waals surface area (Å²) in [4.78, 5) is 11.3. The van der Waals surface area contributed by atoms with Gasteiger partial charge in [-0.25, -0.2) is 4.79 Å². The van der Waals surface area contributed by atoms with Crippen LogP contribution in [0.1, 0.15) is 11.7 Å². The molecule has 1 atom stereocenters. The number of benzene rings is 1. The third-order valence-electron chi connectivity index (χ3n) is 2.71. The Labute approximate surface area is 115 Å². The monoisotopic (exact) mass is 284 g/mol. The number of methoxy groups -OCH3 is 1. The Morgan fingerprint density at radius 3 is 2.84 bits per heavy atom. The molecule has 1 N–H and O–H groups in total. The average Bonchev–Trinajstić information content (AvgIpc) is 2.44. The van der Waals surface area contributed by atoms with E-state index in [4.69, 9.17) is 21.1 Å². The van der Waals surface area contributed by atoms with Gasteiger partial charge in [0, 0.05) is 0 Å². The summed E-state index contributed by atoms with van der Waals surface area (Å²) in [5.41, 5.74) is 0.319. The molecule has 1 aromatic carbocycles. The molecular weight excluding hydrogens is 272 g/mol. The number of hydrogen-bond donors (Lipinski definition) is 1. The number of aliphatic hydroxyl groups is 1. The van der Waals surface area contributed by atoms with Crippen molar-refractivity contribution < 1.29 is 24.1 Å². The zero-order valence-corrected chi connectivity index (χ0v) is 11.1. The van der Waals surface area contributed by atoms with Gasteiger partial charge in [-0.15, -0.1) is 0 Å². The average molecular weight is 285 g/mol. The standard InChI is InChI=1S/C13H13ClO5/c1-7(13(16)17-2)11(15)8-5-9(14)12-10(6-8)18-3-4-19-12/h5-6,11,15H,1,3-4H2,2H3. The molecule has 1 heterocycles. The van der Waals surface area contributed by atoms with Crippen molar-refractivity contribution in [2.45, 2.75) is 6.10 Å². The molecule has 1 aliphatic heterocycles. The van der Waals surface area contributed by atoms with E-state index in [1.807, 2.05) is 0 Å². The minimum Gasteiger partial charge on any atom is -0.486 e. The Hall–Kier alpha value is -1.72. The molecule has 0 aliphatic carbocycles. The molecule has 0 spiro atoms. The first-order chi connectivity index (χ1) is 9.04. The molecule has 0 radical (unpaired) electrons. The number of rotatable bonds is 3. The van der Waals surface area contributed by atoms with E-state index in [1.165, 1.54) is 13.2 Å². The van der Waals surface area contributed by atoms with E-state index in [9.17, 15) is 9.90 Å². The molecular formula is C13H13ClO5. The number of hydrogen-bond acceptors (Lipinski definition) is 5. The van der Waals surface area contributed by atoms with E-state index < -0.39 is 12.1 Å². The van der Waals surface area contributed by atoms with E-state index in [2.05, 4.69) is 11.3 Å². The summed E-state index contributed by atoms with van der Waals surface area (Å²) in [6.07, 6.45) is -1.21. The Morgan fingerprint density at radius 2 is 2.16 bits per heavy atom. The van der Waals surface area contributed by atoms with Crippen LogP contribution in [-0.4, -0.2) is 31.4 Å². The Balaban J connectivity index is 2.33. The molecule has 6 heteroatoms. The van der Waals surface area contributed by atoms with Crippen molar-refractivity contribution in [1.29, 1.82) is 0 Å². The third-order valence-corrected chi connectivity index (χ3v) is 2.99. The summed E-state index contributed by atoms with van der Waals surface area (Å²) in [5, 5.41) is 10.4. The lowest BCUT2D eigenvalue weighted by Crippen LogP contribution is -2.17. The topological polar surface area (TPSA) is 65.0 Å². The number of halogens is 1. The van der Waals surface area contributed by atoms with Crippen molar-refractivity contribution >= 4 is 17.6 Å². The third kappa shape index (κ3) is 2.67. The molecule has 0 amide bonds. The SMILES string of the molecule is C=C(C(=O)OC)C(O)c1cc(Cl)c2c(c1)OCCO2. The van der Waals surface area contributed by atoms with Gasteiger partial charge in [0.05, 0.1) is 17.7 Å². The van der Waals surface area contributed by atoms with Gasteiger partial charge in [-0.05, 0) is 17.7 Å². The number of carbonyl (C=O) groups is 1. The van der Waals surface area contributed by atoms with Gasteiger partial charge in [0.1, 0.15) is 19.3 Å². The molecule has 2 rings (SSSR count). The fraction of sp³-hybridized carbons (Fsp3) is 0.308. The van der Waals surface area contributed by atoms with Gasteiger partial charge in [0.15, 0.2) is 11.5 Å². The number of fused-ring (bicyclic) bond motifs is 1. The van der Waals surface area contributed by atoms with Gasteiger partial charge in [-0.3, -0.25) is 0 Å². The molecule has 0 bridgehead atoms. The van der Waals surface area contributed by atoms with Crippen LogP contribution in [-0.2, 0) is 9.53 Å². The fourth-order valence-electron chi connectivity index (χ4n) is 1.73. The van der Waals surface area contributed by atoms with E-state index in [1.54, 1.807) is 6.07 Å². The highest BCUT2D eigenvalue weighted by atomic mass is 35.5. The lowest BCUT2D eigenvalue weighted by molar-refractivity contribution is -0.137. The Bertz CT molecular complexity index is 526. The van der Waals surface area contributed by atoms with Crippen LogP contribution >= 0.6 is 11.6 Å². The molecule has 0 saturated heterocycles. The van der Waals surface area contributed by atoms with E-state index >= 15 is 0 Å². The summed E-state index contributed by atoms with van der Waals surface area (Å²) >= 11 is 6.05. The highest BCUT2D eigenvalue weighted by molar-refractivity contribution is 6.32. The van der Waals surface area contributed by atoms with Crippen molar-refractivity contribution in [2.75, 3.05) is 20.3 Å². The molecule has 0 saturated carbocycles. The number of carbonyl (C=O) groups excluding carboxylic acids is 1.